The zero-order chi connectivity index (χ0) is 24.7. The molecule has 196 valence electrons. The van der Waals surface area contributed by atoms with E-state index in [1.54, 1.807) is 11.3 Å². The predicted octanol–water partition coefficient (Wildman–Crippen LogP) is 4.11. The van der Waals surface area contributed by atoms with E-state index in [4.69, 9.17) is 9.47 Å². The highest BCUT2D eigenvalue weighted by atomic mass is 32.1. The Morgan fingerprint density at radius 2 is 2.03 bits per heavy atom. The van der Waals surface area contributed by atoms with Crippen molar-refractivity contribution in [2.45, 2.75) is 88.4 Å². The molecule has 2 aromatic heterocycles. The first-order valence-electron chi connectivity index (χ1n) is 13.9. The Labute approximate surface area is 217 Å². The van der Waals surface area contributed by atoms with Gasteiger partial charge < -0.3 is 19.5 Å². The largest absolute Gasteiger partial charge is 0.490 e. The zero-order valence-electron chi connectivity index (χ0n) is 21.4. The van der Waals surface area contributed by atoms with Crippen molar-refractivity contribution in [2.75, 3.05) is 39.4 Å². The van der Waals surface area contributed by atoms with E-state index in [2.05, 4.69) is 16.8 Å². The lowest BCUT2D eigenvalue weighted by Crippen LogP contribution is -2.55. The molecule has 3 fully saturated rings. The Bertz CT molecular complexity index is 1090. The van der Waals surface area contributed by atoms with Crippen molar-refractivity contribution in [1.82, 2.24) is 14.8 Å². The van der Waals surface area contributed by atoms with Crippen molar-refractivity contribution in [3.8, 4) is 5.75 Å². The van der Waals surface area contributed by atoms with Crippen LogP contribution in [0.1, 0.15) is 74.6 Å². The van der Waals surface area contributed by atoms with Crippen LogP contribution in [0.25, 0.3) is 10.2 Å². The number of nitrogens with zero attached hydrogens (tertiary/aromatic N) is 3. The van der Waals surface area contributed by atoms with Gasteiger partial charge in [-0.05, 0) is 68.9 Å². The minimum Gasteiger partial charge on any atom is -0.490 e. The van der Waals surface area contributed by atoms with Gasteiger partial charge >= 0.3 is 0 Å². The molecule has 2 aromatic rings. The summed E-state index contributed by atoms with van der Waals surface area (Å²) in [6, 6.07) is 2.03. The van der Waals surface area contributed by atoms with E-state index in [1.807, 2.05) is 17.2 Å². The van der Waals surface area contributed by atoms with E-state index in [0.29, 0.717) is 25.9 Å². The number of ether oxygens (including phenoxy) is 2. The van der Waals surface area contributed by atoms with Crippen molar-refractivity contribution in [1.29, 1.82) is 0 Å². The summed E-state index contributed by atoms with van der Waals surface area (Å²) >= 11 is 1.77. The van der Waals surface area contributed by atoms with Crippen molar-refractivity contribution in [2.24, 2.45) is 0 Å². The molecule has 1 saturated carbocycles. The standard InChI is InChI=1S/C28H39N3O4S/c1-2-28(31-13-15-34-16-14-31)9-5-21(6-10-28)35-22-7-11-29-27-26(22)25-19(3-4-23(25)36-27)17-24(33)30-12-8-20(32)18-30/h7,11,19-21,32H,2-6,8-10,12-18H2,1H3/t19-,20-,21-,28-/m1/s1. The molecule has 0 aromatic carbocycles. The Balaban J connectivity index is 1.18. The maximum absolute atomic E-state index is 13.0. The fourth-order valence-corrected chi connectivity index (χ4v) is 8.36. The van der Waals surface area contributed by atoms with Crippen molar-refractivity contribution in [3.63, 3.8) is 0 Å². The third-order valence-corrected chi connectivity index (χ3v) is 10.4. The monoisotopic (exact) mass is 513 g/mol. The molecule has 36 heavy (non-hydrogen) atoms. The second-order valence-electron chi connectivity index (χ2n) is 11.1. The van der Waals surface area contributed by atoms with Gasteiger partial charge in [-0.1, -0.05) is 6.92 Å². The first-order chi connectivity index (χ1) is 17.6. The van der Waals surface area contributed by atoms with Gasteiger partial charge in [-0.2, -0.15) is 0 Å². The number of hydrogen-bond acceptors (Lipinski definition) is 7. The number of aryl methyl sites for hydroxylation is 1. The quantitative estimate of drug-likeness (QED) is 0.627. The van der Waals surface area contributed by atoms with E-state index >= 15 is 0 Å². The molecule has 6 rings (SSSR count). The van der Waals surface area contributed by atoms with Crippen LogP contribution in [0, 0.1) is 0 Å². The van der Waals surface area contributed by atoms with Crippen LogP contribution in [0.2, 0.25) is 0 Å². The van der Waals surface area contributed by atoms with Crippen LogP contribution in [0.15, 0.2) is 12.3 Å². The molecule has 1 N–H and O–H groups in total. The lowest BCUT2D eigenvalue weighted by Gasteiger charge is -2.49. The fourth-order valence-electron chi connectivity index (χ4n) is 7.10. The predicted molar refractivity (Wildman–Crippen MR) is 141 cm³/mol. The highest BCUT2D eigenvalue weighted by molar-refractivity contribution is 7.19. The van der Waals surface area contributed by atoms with Crippen LogP contribution in [0.5, 0.6) is 5.75 Å². The maximum atomic E-state index is 13.0. The van der Waals surface area contributed by atoms with E-state index < -0.39 is 0 Å². The van der Waals surface area contributed by atoms with Gasteiger partial charge in [0.2, 0.25) is 5.91 Å². The number of fused-ring (bicyclic) bond motifs is 3. The Morgan fingerprint density at radius 3 is 2.75 bits per heavy atom. The van der Waals surface area contributed by atoms with Crippen LogP contribution in [-0.2, 0) is 16.0 Å². The van der Waals surface area contributed by atoms with Gasteiger partial charge in [0.25, 0.3) is 0 Å². The number of pyridine rings is 1. The zero-order valence-corrected chi connectivity index (χ0v) is 22.2. The summed E-state index contributed by atoms with van der Waals surface area (Å²) in [6.45, 7) is 7.27. The molecular weight excluding hydrogens is 474 g/mol. The molecule has 0 radical (unpaired) electrons. The highest BCUT2D eigenvalue weighted by Gasteiger charge is 2.40. The van der Waals surface area contributed by atoms with Gasteiger partial charge in [-0.3, -0.25) is 9.69 Å². The third kappa shape index (κ3) is 4.55. The lowest BCUT2D eigenvalue weighted by atomic mass is 9.77. The van der Waals surface area contributed by atoms with Gasteiger partial charge in [0.1, 0.15) is 10.6 Å². The molecule has 2 aliphatic carbocycles. The molecule has 2 saturated heterocycles. The molecule has 8 heteroatoms. The topological polar surface area (TPSA) is 75.1 Å². The number of carbonyl (C=O) groups excluding carboxylic acids is 1. The number of rotatable bonds is 6. The second kappa shape index (κ2) is 10.2. The number of aliphatic hydroxyl groups is 1. The Morgan fingerprint density at radius 1 is 1.22 bits per heavy atom. The highest BCUT2D eigenvalue weighted by Crippen LogP contribution is 2.48. The molecule has 7 nitrogen and oxygen atoms in total. The van der Waals surface area contributed by atoms with Crippen molar-refractivity contribution >= 4 is 27.5 Å². The van der Waals surface area contributed by atoms with E-state index in [9.17, 15) is 9.90 Å². The number of aliphatic hydroxyl groups excluding tert-OH is 1. The Kier molecular flexibility index (Phi) is 6.97. The molecule has 4 aliphatic rings. The van der Waals surface area contributed by atoms with Crippen LogP contribution >= 0.6 is 11.3 Å². The lowest BCUT2D eigenvalue weighted by molar-refractivity contribution is -0.130. The number of carbonyl (C=O) groups is 1. The minimum atomic E-state index is -0.371. The molecule has 2 atom stereocenters. The van der Waals surface area contributed by atoms with Gasteiger partial charge in [-0.25, -0.2) is 4.98 Å². The van der Waals surface area contributed by atoms with E-state index in [0.717, 1.165) is 68.0 Å². The average molecular weight is 514 g/mol. The van der Waals surface area contributed by atoms with E-state index in [1.165, 1.54) is 29.7 Å². The SMILES string of the molecule is CC[C@]1(N2CCOCC2)CC[C@H](Oc2ccnc3sc4c(c23)[C@@H](CC(=O)N2CC[C@@H](O)C2)CC4)CC1. The summed E-state index contributed by atoms with van der Waals surface area (Å²) in [7, 11) is 0. The molecule has 0 bridgehead atoms. The summed E-state index contributed by atoms with van der Waals surface area (Å²) in [5.74, 6) is 1.33. The van der Waals surface area contributed by atoms with Crippen molar-refractivity contribution < 1.29 is 19.4 Å². The van der Waals surface area contributed by atoms with Crippen molar-refractivity contribution in [3.05, 3.63) is 22.7 Å². The second-order valence-corrected chi connectivity index (χ2v) is 12.2. The first-order valence-corrected chi connectivity index (χ1v) is 14.7. The van der Waals surface area contributed by atoms with Gasteiger partial charge in [0.15, 0.2) is 0 Å². The number of likely N-dealkylation sites (tertiary alicyclic amines) is 1. The van der Waals surface area contributed by atoms with Gasteiger partial charge in [0.05, 0.1) is 30.8 Å². The fraction of sp³-hybridized carbons (Fsp3) is 0.714. The molecular formula is C28H39N3O4S. The van der Waals surface area contributed by atoms with E-state index in [-0.39, 0.29) is 29.6 Å². The normalized spacial score (nSPS) is 31.2. The minimum absolute atomic E-state index is 0.168. The molecule has 4 heterocycles. The first kappa shape index (κ1) is 24.6. The summed E-state index contributed by atoms with van der Waals surface area (Å²) in [4.78, 5) is 24.6. The van der Waals surface area contributed by atoms with Gasteiger partial charge in [-0.15, -0.1) is 11.3 Å². The van der Waals surface area contributed by atoms with Crippen LogP contribution < -0.4 is 4.74 Å². The molecule has 2 aliphatic heterocycles. The summed E-state index contributed by atoms with van der Waals surface area (Å²) < 4.78 is 12.3. The smallest absolute Gasteiger partial charge is 0.223 e. The molecule has 0 spiro atoms. The average Bonchev–Trinajstić information content (AvgIpc) is 3.61. The van der Waals surface area contributed by atoms with Crippen LogP contribution in [0.4, 0.5) is 0 Å². The number of hydrogen-bond donors (Lipinski definition) is 1. The maximum Gasteiger partial charge on any atom is 0.223 e. The number of thiophene rings is 1. The van der Waals surface area contributed by atoms with Crippen LogP contribution in [-0.4, -0.2) is 82.9 Å². The van der Waals surface area contributed by atoms with Gasteiger partial charge in [0, 0.05) is 49.2 Å². The number of amides is 1. The number of morpholine rings is 1. The third-order valence-electron chi connectivity index (χ3n) is 9.23. The number of β-amino-alcohol motifs (C(OH)–C–C–N with tert-alkyl or cyclic N) is 1. The summed E-state index contributed by atoms with van der Waals surface area (Å²) in [5, 5.41) is 11.0. The summed E-state index contributed by atoms with van der Waals surface area (Å²) in [6.07, 6.45) is 10.6. The molecule has 1 amide bonds. The number of aromatic nitrogens is 1. The molecule has 0 unspecified atom stereocenters. The van der Waals surface area contributed by atoms with Crippen LogP contribution in [0.3, 0.4) is 0 Å². The Hall–Kier alpha value is -1.74. The summed E-state index contributed by atoms with van der Waals surface area (Å²) in [5.41, 5.74) is 1.59.